The van der Waals surface area contributed by atoms with E-state index in [1.54, 1.807) is 20.0 Å². The summed E-state index contributed by atoms with van der Waals surface area (Å²) in [6.45, 7) is 5.33. The van der Waals surface area contributed by atoms with Crippen LogP contribution in [0.3, 0.4) is 0 Å². The van der Waals surface area contributed by atoms with E-state index in [1.807, 2.05) is 0 Å². The number of rotatable bonds is 6. The summed E-state index contributed by atoms with van der Waals surface area (Å²) >= 11 is 0. The SMILES string of the molecule is C=CC(/C=C(\C)OC)=Nc1nc(NC)[nH]c(=O)c1C(N)=O. The minimum atomic E-state index is -0.916. The number of nitrogens with one attached hydrogen (secondary N) is 2. The minimum absolute atomic E-state index is 0.0920. The Hall–Kier alpha value is -2.90. The summed E-state index contributed by atoms with van der Waals surface area (Å²) in [5.74, 6) is -0.265. The Morgan fingerprint density at radius 2 is 2.24 bits per heavy atom. The molecule has 0 saturated carbocycles. The summed E-state index contributed by atoms with van der Waals surface area (Å²) in [7, 11) is 3.07. The van der Waals surface area contributed by atoms with Gasteiger partial charge in [-0.2, -0.15) is 4.98 Å². The molecule has 112 valence electrons. The van der Waals surface area contributed by atoms with Gasteiger partial charge in [0, 0.05) is 13.1 Å². The molecule has 1 aromatic rings. The molecule has 1 amide bonds. The molecule has 0 atom stereocenters. The average Bonchev–Trinajstić information content (AvgIpc) is 2.45. The zero-order valence-electron chi connectivity index (χ0n) is 12.1. The molecule has 0 spiro atoms. The number of aromatic nitrogens is 2. The number of carbonyl (C=O) groups excluding carboxylic acids is 1. The Morgan fingerprint density at radius 3 is 2.71 bits per heavy atom. The zero-order chi connectivity index (χ0) is 16.0. The predicted molar refractivity (Wildman–Crippen MR) is 81.0 cm³/mol. The summed E-state index contributed by atoms with van der Waals surface area (Å²) < 4.78 is 5.01. The fourth-order valence-corrected chi connectivity index (χ4v) is 1.41. The molecule has 0 aliphatic carbocycles. The van der Waals surface area contributed by atoms with Gasteiger partial charge < -0.3 is 15.8 Å². The Balaban J connectivity index is 3.53. The molecule has 0 radical (unpaired) electrons. The number of anilines is 1. The van der Waals surface area contributed by atoms with Crippen LogP contribution in [0, 0.1) is 0 Å². The maximum atomic E-state index is 11.8. The van der Waals surface area contributed by atoms with Gasteiger partial charge in [0.25, 0.3) is 11.5 Å². The molecule has 0 saturated heterocycles. The molecule has 0 aliphatic rings. The van der Waals surface area contributed by atoms with Gasteiger partial charge in [0.05, 0.1) is 18.6 Å². The molecule has 0 fully saturated rings. The largest absolute Gasteiger partial charge is 0.501 e. The van der Waals surface area contributed by atoms with E-state index in [1.165, 1.54) is 13.2 Å². The van der Waals surface area contributed by atoms with Crippen molar-refractivity contribution >= 4 is 23.4 Å². The summed E-state index contributed by atoms with van der Waals surface area (Å²) in [6.07, 6.45) is 3.02. The molecule has 1 aromatic heterocycles. The van der Waals surface area contributed by atoms with Gasteiger partial charge in [-0.3, -0.25) is 14.6 Å². The summed E-state index contributed by atoms with van der Waals surface area (Å²) in [5.41, 5.74) is 4.58. The first kappa shape index (κ1) is 16.2. The number of amides is 1. The Morgan fingerprint density at radius 1 is 1.57 bits per heavy atom. The molecule has 0 aromatic carbocycles. The highest BCUT2D eigenvalue weighted by Crippen LogP contribution is 2.14. The van der Waals surface area contributed by atoms with Gasteiger partial charge in [-0.05, 0) is 13.0 Å². The lowest BCUT2D eigenvalue weighted by Crippen LogP contribution is -2.25. The third kappa shape index (κ3) is 4.03. The van der Waals surface area contributed by atoms with Crippen LogP contribution in [0.5, 0.6) is 0 Å². The van der Waals surface area contributed by atoms with Crippen LogP contribution in [0.4, 0.5) is 11.8 Å². The second kappa shape index (κ2) is 7.04. The van der Waals surface area contributed by atoms with Gasteiger partial charge in [-0.15, -0.1) is 0 Å². The standard InChI is InChI=1S/C13H17N5O3/c1-5-8(6-7(2)21-4)16-11-9(10(14)19)12(20)18-13(15-3)17-11/h5-6H,1H2,2-4H3,(H2,14,19)(H2,15,17,18,20)/b7-6+,16-8?. The number of allylic oxidation sites excluding steroid dienone is 3. The van der Waals surface area contributed by atoms with E-state index < -0.39 is 11.5 Å². The van der Waals surface area contributed by atoms with Gasteiger partial charge in [0.2, 0.25) is 5.95 Å². The number of nitrogens with zero attached hydrogens (tertiary/aromatic N) is 2. The zero-order valence-corrected chi connectivity index (χ0v) is 12.1. The number of ether oxygens (including phenoxy) is 1. The monoisotopic (exact) mass is 291 g/mol. The second-order valence-electron chi connectivity index (χ2n) is 3.93. The van der Waals surface area contributed by atoms with Crippen LogP contribution in [0.2, 0.25) is 0 Å². The van der Waals surface area contributed by atoms with Crippen LogP contribution < -0.4 is 16.6 Å². The molecular formula is C13H17N5O3. The highest BCUT2D eigenvalue weighted by Gasteiger charge is 2.16. The number of carbonyl (C=O) groups is 1. The number of hydrogen-bond acceptors (Lipinski definition) is 6. The van der Waals surface area contributed by atoms with E-state index >= 15 is 0 Å². The van der Waals surface area contributed by atoms with Gasteiger partial charge >= 0.3 is 0 Å². The number of aliphatic imine (C=N–C) groups is 1. The second-order valence-corrected chi connectivity index (χ2v) is 3.93. The number of H-pyrrole nitrogens is 1. The predicted octanol–water partition coefficient (Wildman–Crippen LogP) is 0.719. The van der Waals surface area contributed by atoms with Crippen LogP contribution in [0.15, 0.2) is 34.3 Å². The van der Waals surface area contributed by atoms with Crippen LogP contribution in [-0.2, 0) is 4.74 Å². The fourth-order valence-electron chi connectivity index (χ4n) is 1.41. The first-order valence-electron chi connectivity index (χ1n) is 5.98. The van der Waals surface area contributed by atoms with E-state index in [4.69, 9.17) is 10.5 Å². The number of hydrogen-bond donors (Lipinski definition) is 3. The van der Waals surface area contributed by atoms with Crippen molar-refractivity contribution < 1.29 is 9.53 Å². The third-order valence-corrected chi connectivity index (χ3v) is 2.50. The number of primary amides is 1. The van der Waals surface area contributed by atoms with Crippen molar-refractivity contribution in [1.29, 1.82) is 0 Å². The highest BCUT2D eigenvalue weighted by molar-refractivity contribution is 6.06. The maximum absolute atomic E-state index is 11.8. The molecule has 0 aliphatic heterocycles. The van der Waals surface area contributed by atoms with E-state index in [2.05, 4.69) is 26.9 Å². The normalized spacial score (nSPS) is 12.0. The Kier molecular flexibility index (Phi) is 5.41. The number of nitrogens with two attached hydrogens (primary N) is 1. The van der Waals surface area contributed by atoms with Gasteiger partial charge in [-0.25, -0.2) is 4.99 Å². The van der Waals surface area contributed by atoms with Crippen LogP contribution >= 0.6 is 0 Å². The van der Waals surface area contributed by atoms with Crippen LogP contribution in [0.1, 0.15) is 17.3 Å². The van der Waals surface area contributed by atoms with Crippen molar-refractivity contribution in [2.75, 3.05) is 19.5 Å². The average molecular weight is 291 g/mol. The molecule has 1 rings (SSSR count). The van der Waals surface area contributed by atoms with Crippen molar-refractivity contribution in [2.24, 2.45) is 10.7 Å². The minimum Gasteiger partial charge on any atom is -0.501 e. The molecule has 1 heterocycles. The molecule has 0 bridgehead atoms. The topological polar surface area (TPSA) is 122 Å². The van der Waals surface area contributed by atoms with Gasteiger partial charge in [-0.1, -0.05) is 6.58 Å². The lowest BCUT2D eigenvalue weighted by atomic mass is 10.2. The third-order valence-electron chi connectivity index (χ3n) is 2.50. The number of methoxy groups -OCH3 is 1. The number of aromatic amines is 1. The van der Waals surface area contributed by atoms with Gasteiger partial charge in [0.1, 0.15) is 5.56 Å². The van der Waals surface area contributed by atoms with Gasteiger partial charge in [0.15, 0.2) is 5.82 Å². The smallest absolute Gasteiger partial charge is 0.267 e. The fraction of sp³-hybridized carbons (Fsp3) is 0.231. The van der Waals surface area contributed by atoms with Crippen molar-refractivity contribution in [3.63, 3.8) is 0 Å². The summed E-state index contributed by atoms with van der Waals surface area (Å²) in [5, 5.41) is 2.66. The first-order valence-corrected chi connectivity index (χ1v) is 5.98. The molecule has 0 unspecified atom stereocenters. The first-order chi connectivity index (χ1) is 9.92. The molecule has 4 N–H and O–H groups in total. The molecule has 8 heteroatoms. The molecular weight excluding hydrogens is 274 g/mol. The quantitative estimate of drug-likeness (QED) is 0.526. The van der Waals surface area contributed by atoms with E-state index in [0.717, 1.165) is 0 Å². The maximum Gasteiger partial charge on any atom is 0.267 e. The molecule has 8 nitrogen and oxygen atoms in total. The van der Waals surface area contributed by atoms with Crippen molar-refractivity contribution in [1.82, 2.24) is 9.97 Å². The lowest BCUT2D eigenvalue weighted by molar-refractivity contribution is 0.0999. The van der Waals surface area contributed by atoms with E-state index in [-0.39, 0.29) is 17.3 Å². The molecule has 21 heavy (non-hydrogen) atoms. The van der Waals surface area contributed by atoms with Crippen molar-refractivity contribution in [3.05, 3.63) is 40.4 Å². The van der Waals surface area contributed by atoms with E-state index in [9.17, 15) is 9.59 Å². The summed E-state index contributed by atoms with van der Waals surface area (Å²) in [6, 6.07) is 0. The Labute approximate surface area is 121 Å². The Bertz CT molecular complexity index is 673. The van der Waals surface area contributed by atoms with Crippen LogP contribution in [-0.4, -0.2) is 35.7 Å². The summed E-state index contributed by atoms with van der Waals surface area (Å²) in [4.78, 5) is 33.8. The van der Waals surface area contributed by atoms with Crippen molar-refractivity contribution in [2.45, 2.75) is 6.92 Å². The highest BCUT2D eigenvalue weighted by atomic mass is 16.5. The van der Waals surface area contributed by atoms with E-state index in [0.29, 0.717) is 11.5 Å². The lowest BCUT2D eigenvalue weighted by Gasteiger charge is -2.05. The van der Waals surface area contributed by atoms with Crippen molar-refractivity contribution in [3.8, 4) is 0 Å². The van der Waals surface area contributed by atoms with Crippen LogP contribution in [0.25, 0.3) is 0 Å².